The molecule has 2 aromatic rings. The fraction of sp³-hybridized carbons (Fsp3) is 0.333. The Morgan fingerprint density at radius 2 is 1.63 bits per heavy atom. The predicted molar refractivity (Wildman–Crippen MR) is 103 cm³/mol. The lowest BCUT2D eigenvalue weighted by Crippen LogP contribution is -2.50. The molecule has 0 spiro atoms. The molecule has 0 saturated carbocycles. The van der Waals surface area contributed by atoms with Crippen LogP contribution in [0.4, 0.5) is 4.79 Å². The molecule has 2 amide bonds. The van der Waals surface area contributed by atoms with Gasteiger partial charge in [-0.2, -0.15) is 0 Å². The zero-order valence-corrected chi connectivity index (χ0v) is 15.7. The predicted octanol–water partition coefficient (Wildman–Crippen LogP) is 3.28. The van der Waals surface area contributed by atoms with Crippen LogP contribution in [0.25, 0.3) is 11.1 Å². The third-order valence-corrected chi connectivity index (χ3v) is 4.62. The van der Waals surface area contributed by atoms with Crippen molar-refractivity contribution in [3.05, 3.63) is 54.1 Å². The summed E-state index contributed by atoms with van der Waals surface area (Å²) in [6, 6.07) is 15.3. The van der Waals surface area contributed by atoms with E-state index in [0.29, 0.717) is 38.3 Å². The lowest BCUT2D eigenvalue weighted by Gasteiger charge is -2.34. The molecule has 0 aromatic heterocycles. The first-order chi connectivity index (χ1) is 13.1. The number of amides is 2. The highest BCUT2D eigenvalue weighted by atomic mass is 16.6. The third-order valence-electron chi connectivity index (χ3n) is 4.62. The van der Waals surface area contributed by atoms with Gasteiger partial charge < -0.3 is 19.3 Å². The van der Waals surface area contributed by atoms with Crippen molar-refractivity contribution in [2.45, 2.75) is 6.92 Å². The molecular formula is C21H24N2O4. The number of piperazine rings is 1. The summed E-state index contributed by atoms with van der Waals surface area (Å²) in [6.45, 7) is 4.07. The maximum absolute atomic E-state index is 12.9. The van der Waals surface area contributed by atoms with Crippen LogP contribution in [-0.2, 0) is 4.74 Å². The number of carbonyl (C=O) groups is 2. The molecule has 1 heterocycles. The second-order valence-corrected chi connectivity index (χ2v) is 6.26. The van der Waals surface area contributed by atoms with Gasteiger partial charge in [0, 0.05) is 37.3 Å². The Morgan fingerprint density at radius 3 is 2.26 bits per heavy atom. The molecule has 0 radical (unpaired) electrons. The molecule has 2 aromatic carbocycles. The zero-order valence-electron chi connectivity index (χ0n) is 15.7. The van der Waals surface area contributed by atoms with E-state index in [1.807, 2.05) is 42.5 Å². The molecule has 1 aliphatic rings. The molecule has 142 valence electrons. The van der Waals surface area contributed by atoms with Crippen molar-refractivity contribution in [2.75, 3.05) is 39.9 Å². The number of hydrogen-bond acceptors (Lipinski definition) is 4. The Hall–Kier alpha value is -3.02. The van der Waals surface area contributed by atoms with Crippen LogP contribution in [-0.4, -0.2) is 61.7 Å². The highest BCUT2D eigenvalue weighted by molar-refractivity contribution is 5.96. The highest BCUT2D eigenvalue weighted by Gasteiger charge is 2.26. The van der Waals surface area contributed by atoms with Gasteiger partial charge in [-0.05, 0) is 30.7 Å². The van der Waals surface area contributed by atoms with Gasteiger partial charge in [-0.1, -0.05) is 30.3 Å². The summed E-state index contributed by atoms with van der Waals surface area (Å²) in [6.07, 6.45) is -0.319. The molecule has 1 aliphatic heterocycles. The van der Waals surface area contributed by atoms with Crippen molar-refractivity contribution in [2.24, 2.45) is 0 Å². The number of hydrogen-bond donors (Lipinski definition) is 0. The SMILES string of the molecule is CCOC(=O)N1CCN(C(=O)c2ccc(OC)c(-c3ccccc3)c2)CC1. The largest absolute Gasteiger partial charge is 0.496 e. The van der Waals surface area contributed by atoms with Crippen molar-refractivity contribution >= 4 is 12.0 Å². The van der Waals surface area contributed by atoms with Gasteiger partial charge in [-0.15, -0.1) is 0 Å². The first-order valence-electron chi connectivity index (χ1n) is 9.08. The Labute approximate surface area is 159 Å². The number of nitrogens with zero attached hydrogens (tertiary/aromatic N) is 2. The summed E-state index contributed by atoms with van der Waals surface area (Å²) in [7, 11) is 1.62. The van der Waals surface area contributed by atoms with Gasteiger partial charge in [0.1, 0.15) is 5.75 Å². The maximum Gasteiger partial charge on any atom is 0.409 e. The lowest BCUT2D eigenvalue weighted by molar-refractivity contribution is 0.0570. The normalized spacial score (nSPS) is 14.0. The standard InChI is InChI=1S/C21H24N2O4/c1-3-27-21(25)23-13-11-22(12-14-23)20(24)17-9-10-19(26-2)18(15-17)16-7-5-4-6-8-16/h4-10,15H,3,11-14H2,1-2H3. The zero-order chi connectivity index (χ0) is 19.2. The fourth-order valence-electron chi connectivity index (χ4n) is 3.17. The average Bonchev–Trinajstić information content (AvgIpc) is 2.73. The monoisotopic (exact) mass is 368 g/mol. The minimum Gasteiger partial charge on any atom is -0.496 e. The third kappa shape index (κ3) is 4.22. The molecule has 6 nitrogen and oxygen atoms in total. The molecule has 27 heavy (non-hydrogen) atoms. The molecule has 1 saturated heterocycles. The van der Waals surface area contributed by atoms with Crippen LogP contribution in [0.5, 0.6) is 5.75 Å². The van der Waals surface area contributed by atoms with E-state index in [1.54, 1.807) is 29.9 Å². The smallest absolute Gasteiger partial charge is 0.409 e. The van der Waals surface area contributed by atoms with E-state index in [9.17, 15) is 9.59 Å². The summed E-state index contributed by atoms with van der Waals surface area (Å²) >= 11 is 0. The van der Waals surface area contributed by atoms with Gasteiger partial charge >= 0.3 is 6.09 Å². The molecule has 0 atom stereocenters. The van der Waals surface area contributed by atoms with Gasteiger partial charge in [-0.25, -0.2) is 4.79 Å². The van der Waals surface area contributed by atoms with Crippen LogP contribution in [0, 0.1) is 0 Å². The van der Waals surface area contributed by atoms with Crippen molar-refractivity contribution < 1.29 is 19.1 Å². The van der Waals surface area contributed by atoms with Crippen LogP contribution in [0.2, 0.25) is 0 Å². The van der Waals surface area contributed by atoms with E-state index in [2.05, 4.69) is 0 Å². The number of carbonyl (C=O) groups excluding carboxylic acids is 2. The van der Waals surface area contributed by atoms with Crippen LogP contribution < -0.4 is 4.74 Å². The number of benzene rings is 2. The lowest BCUT2D eigenvalue weighted by atomic mass is 10.0. The summed E-state index contributed by atoms with van der Waals surface area (Å²) in [5.74, 6) is 0.684. The summed E-state index contributed by atoms with van der Waals surface area (Å²) in [5, 5.41) is 0. The van der Waals surface area contributed by atoms with E-state index >= 15 is 0 Å². The molecule has 0 aliphatic carbocycles. The first kappa shape index (κ1) is 18.8. The number of ether oxygens (including phenoxy) is 2. The van der Waals surface area contributed by atoms with Crippen LogP contribution in [0.15, 0.2) is 48.5 Å². The van der Waals surface area contributed by atoms with Gasteiger partial charge in [-0.3, -0.25) is 4.79 Å². The van der Waals surface area contributed by atoms with E-state index in [1.165, 1.54) is 0 Å². The van der Waals surface area contributed by atoms with E-state index in [4.69, 9.17) is 9.47 Å². The Kier molecular flexibility index (Phi) is 5.96. The second kappa shape index (κ2) is 8.58. The minimum absolute atomic E-state index is 0.0432. The fourth-order valence-corrected chi connectivity index (χ4v) is 3.17. The van der Waals surface area contributed by atoms with Crippen molar-refractivity contribution in [3.8, 4) is 16.9 Å². The Bertz CT molecular complexity index is 799. The second-order valence-electron chi connectivity index (χ2n) is 6.26. The van der Waals surface area contributed by atoms with Crippen molar-refractivity contribution in [1.29, 1.82) is 0 Å². The van der Waals surface area contributed by atoms with Crippen molar-refractivity contribution in [3.63, 3.8) is 0 Å². The van der Waals surface area contributed by atoms with Gasteiger partial charge in [0.15, 0.2) is 0 Å². The number of rotatable bonds is 4. The molecule has 6 heteroatoms. The van der Waals surface area contributed by atoms with Crippen molar-refractivity contribution in [1.82, 2.24) is 9.80 Å². The minimum atomic E-state index is -0.319. The van der Waals surface area contributed by atoms with E-state index in [0.717, 1.165) is 16.9 Å². The summed E-state index contributed by atoms with van der Waals surface area (Å²) in [5.41, 5.74) is 2.49. The quantitative estimate of drug-likeness (QED) is 0.831. The molecule has 1 fully saturated rings. The number of methoxy groups -OCH3 is 1. The Morgan fingerprint density at radius 1 is 0.963 bits per heavy atom. The summed E-state index contributed by atoms with van der Waals surface area (Å²) in [4.78, 5) is 28.1. The molecule has 3 rings (SSSR count). The van der Waals surface area contributed by atoms with Gasteiger partial charge in [0.25, 0.3) is 5.91 Å². The topological polar surface area (TPSA) is 59.1 Å². The average molecular weight is 368 g/mol. The van der Waals surface area contributed by atoms with Crippen LogP contribution >= 0.6 is 0 Å². The van der Waals surface area contributed by atoms with Gasteiger partial charge in [0.2, 0.25) is 0 Å². The maximum atomic E-state index is 12.9. The van der Waals surface area contributed by atoms with Gasteiger partial charge in [0.05, 0.1) is 13.7 Å². The highest BCUT2D eigenvalue weighted by Crippen LogP contribution is 2.31. The molecule has 0 unspecified atom stereocenters. The molecular weight excluding hydrogens is 344 g/mol. The van der Waals surface area contributed by atoms with E-state index < -0.39 is 0 Å². The van der Waals surface area contributed by atoms with Crippen LogP contribution in [0.1, 0.15) is 17.3 Å². The Balaban J connectivity index is 1.75. The summed E-state index contributed by atoms with van der Waals surface area (Å²) < 4.78 is 10.5. The van der Waals surface area contributed by atoms with Crippen LogP contribution in [0.3, 0.4) is 0 Å². The molecule has 0 bridgehead atoms. The van der Waals surface area contributed by atoms with E-state index in [-0.39, 0.29) is 12.0 Å². The molecule has 0 N–H and O–H groups in total. The first-order valence-corrected chi connectivity index (χ1v) is 9.08.